The summed E-state index contributed by atoms with van der Waals surface area (Å²) >= 11 is 0. The molecular weight excluding hydrogens is 288 g/mol. The molecule has 23 heavy (non-hydrogen) atoms. The Bertz CT molecular complexity index is 998. The maximum absolute atomic E-state index is 12.8. The van der Waals surface area contributed by atoms with Gasteiger partial charge in [0.25, 0.3) is 0 Å². The van der Waals surface area contributed by atoms with E-state index in [1.165, 1.54) is 6.08 Å². The molecule has 3 aromatic carbocycles. The first-order valence-corrected chi connectivity index (χ1v) is 7.27. The van der Waals surface area contributed by atoms with Crippen molar-refractivity contribution in [1.82, 2.24) is 0 Å². The van der Waals surface area contributed by atoms with Gasteiger partial charge in [-0.15, -0.1) is 0 Å². The zero-order valence-corrected chi connectivity index (χ0v) is 12.1. The highest BCUT2D eigenvalue weighted by Crippen LogP contribution is 2.37. The third-order valence-corrected chi connectivity index (χ3v) is 4.12. The van der Waals surface area contributed by atoms with Crippen LogP contribution < -0.4 is 0 Å². The molecule has 0 aromatic heterocycles. The van der Waals surface area contributed by atoms with Crippen LogP contribution in [0.5, 0.6) is 5.75 Å². The van der Waals surface area contributed by atoms with Gasteiger partial charge in [0, 0.05) is 16.5 Å². The molecule has 0 atom stereocenters. The number of benzene rings is 3. The number of fused-ring (bicyclic) bond motifs is 2. The fourth-order valence-corrected chi connectivity index (χ4v) is 3.00. The number of allylic oxidation sites excluding steroid dienone is 2. The summed E-state index contributed by atoms with van der Waals surface area (Å²) in [6.45, 7) is 0. The molecule has 3 nitrogen and oxygen atoms in total. The standard InChI is InChI=1S/C20H12O3/c21-17-11-15(12-6-2-1-3-7-12)19(22)16-10-13-8-4-5-9-14(13)20(23)18(16)17/h1-11,23H. The van der Waals surface area contributed by atoms with Crippen LogP contribution in [0.15, 0.2) is 66.7 Å². The predicted molar refractivity (Wildman–Crippen MR) is 88.7 cm³/mol. The Morgan fingerprint density at radius 2 is 1.52 bits per heavy atom. The van der Waals surface area contributed by atoms with Crippen molar-refractivity contribution in [2.45, 2.75) is 0 Å². The molecule has 0 aliphatic heterocycles. The lowest BCUT2D eigenvalue weighted by Crippen LogP contribution is -2.16. The van der Waals surface area contributed by atoms with Gasteiger partial charge >= 0.3 is 0 Å². The van der Waals surface area contributed by atoms with Gasteiger partial charge in [-0.1, -0.05) is 54.6 Å². The molecule has 0 unspecified atom stereocenters. The number of rotatable bonds is 1. The third-order valence-electron chi connectivity index (χ3n) is 4.12. The van der Waals surface area contributed by atoms with Crippen molar-refractivity contribution in [3.05, 3.63) is 83.4 Å². The predicted octanol–water partition coefficient (Wildman–Crippen LogP) is 4.01. The van der Waals surface area contributed by atoms with Gasteiger partial charge in [0.05, 0.1) is 5.56 Å². The van der Waals surface area contributed by atoms with E-state index in [1.807, 2.05) is 30.3 Å². The van der Waals surface area contributed by atoms with Gasteiger partial charge in [0.1, 0.15) is 5.75 Å². The Labute approximate surface area is 132 Å². The topological polar surface area (TPSA) is 54.4 Å². The van der Waals surface area contributed by atoms with Crippen LogP contribution in [0.25, 0.3) is 16.3 Å². The highest BCUT2D eigenvalue weighted by molar-refractivity contribution is 6.40. The normalized spacial score (nSPS) is 13.8. The Morgan fingerprint density at radius 1 is 0.826 bits per heavy atom. The average molecular weight is 300 g/mol. The van der Waals surface area contributed by atoms with E-state index in [-0.39, 0.29) is 28.4 Å². The number of phenols is 1. The van der Waals surface area contributed by atoms with Crippen LogP contribution in [-0.4, -0.2) is 16.7 Å². The molecule has 1 N–H and O–H groups in total. The van der Waals surface area contributed by atoms with Crippen LogP contribution in [-0.2, 0) is 0 Å². The quantitative estimate of drug-likeness (QED) is 0.739. The number of hydrogen-bond acceptors (Lipinski definition) is 3. The zero-order valence-electron chi connectivity index (χ0n) is 12.1. The summed E-state index contributed by atoms with van der Waals surface area (Å²) in [5, 5.41) is 11.7. The van der Waals surface area contributed by atoms with Crippen molar-refractivity contribution in [3.8, 4) is 5.75 Å². The molecule has 3 aromatic rings. The number of Topliss-reactive ketones (excluding diaryl/α,β-unsaturated/α-hetero) is 1. The number of carbonyl (C=O) groups excluding carboxylic acids is 2. The Morgan fingerprint density at radius 3 is 2.30 bits per heavy atom. The van der Waals surface area contributed by atoms with Gasteiger partial charge in [-0.25, -0.2) is 0 Å². The number of hydrogen-bond donors (Lipinski definition) is 1. The smallest absolute Gasteiger partial charge is 0.194 e. The molecule has 110 valence electrons. The fraction of sp³-hybridized carbons (Fsp3) is 0. The molecular formula is C20H12O3. The zero-order chi connectivity index (χ0) is 16.0. The first-order valence-electron chi connectivity index (χ1n) is 7.27. The summed E-state index contributed by atoms with van der Waals surface area (Å²) in [4.78, 5) is 25.3. The first kappa shape index (κ1) is 13.5. The maximum atomic E-state index is 12.8. The van der Waals surface area contributed by atoms with Crippen LogP contribution in [0, 0.1) is 0 Å². The van der Waals surface area contributed by atoms with E-state index in [1.54, 1.807) is 30.3 Å². The van der Waals surface area contributed by atoms with E-state index in [2.05, 4.69) is 0 Å². The second kappa shape index (κ2) is 4.92. The molecule has 0 bridgehead atoms. The molecule has 0 amide bonds. The van der Waals surface area contributed by atoms with E-state index >= 15 is 0 Å². The van der Waals surface area contributed by atoms with Gasteiger partial charge in [-0.3, -0.25) is 9.59 Å². The summed E-state index contributed by atoms with van der Waals surface area (Å²) in [6.07, 6.45) is 1.31. The van der Waals surface area contributed by atoms with Gasteiger partial charge in [0.15, 0.2) is 11.6 Å². The minimum Gasteiger partial charge on any atom is -0.507 e. The number of phenolic OH excluding ortho intramolecular Hbond substituents is 1. The SMILES string of the molecule is O=C1C(c2ccccc2)=CC(=O)c2c1cc1ccccc1c2O. The number of carbonyl (C=O) groups is 2. The van der Waals surface area contributed by atoms with E-state index < -0.39 is 0 Å². The molecule has 0 saturated heterocycles. The van der Waals surface area contributed by atoms with E-state index in [0.717, 1.165) is 5.39 Å². The van der Waals surface area contributed by atoms with E-state index in [0.29, 0.717) is 16.5 Å². The molecule has 1 aliphatic carbocycles. The summed E-state index contributed by atoms with van der Waals surface area (Å²) in [7, 11) is 0. The summed E-state index contributed by atoms with van der Waals surface area (Å²) in [5.74, 6) is -0.714. The lowest BCUT2D eigenvalue weighted by Gasteiger charge is -2.18. The summed E-state index contributed by atoms with van der Waals surface area (Å²) in [6, 6.07) is 17.9. The summed E-state index contributed by atoms with van der Waals surface area (Å²) < 4.78 is 0. The van der Waals surface area contributed by atoms with Crippen LogP contribution in [0.1, 0.15) is 26.3 Å². The molecule has 0 radical (unpaired) electrons. The van der Waals surface area contributed by atoms with Crippen LogP contribution in [0.2, 0.25) is 0 Å². The molecule has 4 rings (SSSR count). The first-order chi connectivity index (χ1) is 11.2. The van der Waals surface area contributed by atoms with Crippen molar-refractivity contribution in [1.29, 1.82) is 0 Å². The second-order valence-corrected chi connectivity index (χ2v) is 5.49. The minimum absolute atomic E-state index is 0.0911. The molecule has 1 aliphatic rings. The molecule has 0 spiro atoms. The highest BCUT2D eigenvalue weighted by Gasteiger charge is 2.30. The van der Waals surface area contributed by atoms with Crippen molar-refractivity contribution in [2.24, 2.45) is 0 Å². The molecule has 0 saturated carbocycles. The van der Waals surface area contributed by atoms with Crippen LogP contribution in [0.3, 0.4) is 0 Å². The van der Waals surface area contributed by atoms with Crippen molar-refractivity contribution < 1.29 is 14.7 Å². The van der Waals surface area contributed by atoms with Gasteiger partial charge < -0.3 is 5.11 Å². The Balaban J connectivity index is 1.99. The molecule has 3 heteroatoms. The maximum Gasteiger partial charge on any atom is 0.194 e. The average Bonchev–Trinajstić information content (AvgIpc) is 2.59. The lowest BCUT2D eigenvalue weighted by atomic mass is 9.84. The van der Waals surface area contributed by atoms with Gasteiger partial charge in [-0.05, 0) is 23.1 Å². The van der Waals surface area contributed by atoms with Gasteiger partial charge in [0.2, 0.25) is 0 Å². The highest BCUT2D eigenvalue weighted by atomic mass is 16.3. The Hall–Kier alpha value is -3.20. The minimum atomic E-state index is -0.346. The van der Waals surface area contributed by atoms with Crippen molar-refractivity contribution >= 4 is 27.9 Å². The number of ketones is 2. The molecule has 0 heterocycles. The Kier molecular flexibility index (Phi) is 2.88. The van der Waals surface area contributed by atoms with Crippen molar-refractivity contribution in [3.63, 3.8) is 0 Å². The van der Waals surface area contributed by atoms with Gasteiger partial charge in [-0.2, -0.15) is 0 Å². The second-order valence-electron chi connectivity index (χ2n) is 5.49. The van der Waals surface area contributed by atoms with E-state index in [4.69, 9.17) is 0 Å². The fourth-order valence-electron chi connectivity index (χ4n) is 3.00. The molecule has 0 fully saturated rings. The largest absolute Gasteiger partial charge is 0.507 e. The van der Waals surface area contributed by atoms with Crippen LogP contribution in [0.4, 0.5) is 0 Å². The van der Waals surface area contributed by atoms with E-state index in [9.17, 15) is 14.7 Å². The van der Waals surface area contributed by atoms with Crippen molar-refractivity contribution in [2.75, 3.05) is 0 Å². The monoisotopic (exact) mass is 300 g/mol. The van der Waals surface area contributed by atoms with Crippen LogP contribution >= 0.6 is 0 Å². The summed E-state index contributed by atoms with van der Waals surface area (Å²) in [5.41, 5.74) is 1.41. The number of aromatic hydroxyl groups is 1. The third kappa shape index (κ3) is 1.98. The lowest BCUT2D eigenvalue weighted by molar-refractivity contribution is 0.0999.